The summed E-state index contributed by atoms with van der Waals surface area (Å²) in [5.41, 5.74) is 7.54. The van der Waals surface area contributed by atoms with Crippen LogP contribution in [0.5, 0.6) is 0 Å². The number of benzene rings is 8. The van der Waals surface area contributed by atoms with Crippen molar-refractivity contribution in [3.8, 4) is 33.4 Å². The summed E-state index contributed by atoms with van der Waals surface area (Å²) in [6.07, 6.45) is 0. The van der Waals surface area contributed by atoms with Gasteiger partial charge in [-0.25, -0.2) is 0 Å². The lowest BCUT2D eigenvalue weighted by Crippen LogP contribution is -1.91. The third-order valence-electron chi connectivity index (χ3n) is 8.63. The maximum Gasteiger partial charge on any atom is 0.143 e. The van der Waals surface area contributed by atoms with E-state index in [1.165, 1.54) is 17.7 Å². The molecule has 1 aromatic heterocycles. The molecule has 0 radical (unpaired) electrons. The van der Waals surface area contributed by atoms with Crippen LogP contribution in [0.2, 0.25) is 0 Å². The first-order chi connectivity index (χ1) is 22.6. The second-order valence-electron chi connectivity index (χ2n) is 11.0. The van der Waals surface area contributed by atoms with Gasteiger partial charge in [0.05, 0.1) is 4.11 Å². The van der Waals surface area contributed by atoms with Gasteiger partial charge in [-0.1, -0.05) is 139 Å². The van der Waals surface area contributed by atoms with Crippen LogP contribution >= 0.6 is 0 Å². The van der Waals surface area contributed by atoms with Gasteiger partial charge in [0.2, 0.25) is 0 Å². The molecule has 0 saturated heterocycles. The summed E-state index contributed by atoms with van der Waals surface area (Å²) >= 11 is 0. The van der Waals surface area contributed by atoms with E-state index in [4.69, 9.17) is 8.53 Å². The van der Waals surface area contributed by atoms with E-state index in [9.17, 15) is 0 Å². The van der Waals surface area contributed by atoms with E-state index in [2.05, 4.69) is 115 Å². The largest absolute Gasteiger partial charge is 0.455 e. The van der Waals surface area contributed by atoms with Crippen molar-refractivity contribution in [1.29, 1.82) is 0 Å². The molecule has 8 aromatic carbocycles. The Balaban J connectivity index is 1.37. The van der Waals surface area contributed by atoms with Crippen LogP contribution in [0.1, 0.15) is 4.11 Å². The summed E-state index contributed by atoms with van der Waals surface area (Å²) in [6, 6.07) is 48.0. The van der Waals surface area contributed by atoms with Crippen molar-refractivity contribution in [2.75, 3.05) is 0 Å². The first-order valence-electron chi connectivity index (χ1n) is 16.0. The van der Waals surface area contributed by atoms with Crippen LogP contribution in [0, 0.1) is 0 Å². The molecule has 0 spiro atoms. The minimum Gasteiger partial charge on any atom is -0.455 e. The fourth-order valence-electron chi connectivity index (χ4n) is 6.80. The fourth-order valence-corrected chi connectivity index (χ4v) is 6.80. The summed E-state index contributed by atoms with van der Waals surface area (Å²) in [5.74, 6) is 0. The molecule has 0 N–H and O–H groups in total. The van der Waals surface area contributed by atoms with Gasteiger partial charge in [0, 0.05) is 16.2 Å². The zero-order chi connectivity index (χ0) is 30.9. The van der Waals surface area contributed by atoms with Crippen molar-refractivity contribution in [3.63, 3.8) is 0 Å². The van der Waals surface area contributed by atoms with Crippen LogP contribution in [-0.4, -0.2) is 0 Å². The molecule has 1 heterocycles. The highest BCUT2D eigenvalue weighted by molar-refractivity contribution is 6.27. The number of hydrogen-bond acceptors (Lipinski definition) is 1. The van der Waals surface area contributed by atoms with Crippen LogP contribution in [0.25, 0.3) is 87.6 Å². The average Bonchev–Trinajstić information content (AvgIpc) is 3.47. The molecule has 1 nitrogen and oxygen atoms in total. The molecule has 0 saturated carbocycles. The highest BCUT2D eigenvalue weighted by Crippen LogP contribution is 2.47. The summed E-state index contributed by atoms with van der Waals surface area (Å²) in [4.78, 5) is 0. The molecule has 9 rings (SSSR count). The Morgan fingerprint density at radius 2 is 1.07 bits per heavy atom. The van der Waals surface area contributed by atoms with E-state index >= 15 is 0 Å². The second kappa shape index (κ2) is 9.44. The van der Waals surface area contributed by atoms with E-state index in [1.54, 1.807) is 0 Å². The van der Waals surface area contributed by atoms with E-state index in [0.29, 0.717) is 5.56 Å². The van der Waals surface area contributed by atoms with E-state index < -0.39 is 0 Å². The highest BCUT2D eigenvalue weighted by Gasteiger charge is 2.20. The first-order valence-corrected chi connectivity index (χ1v) is 14.5. The van der Waals surface area contributed by atoms with E-state index in [1.807, 2.05) is 12.1 Å². The number of fused-ring (bicyclic) bond motifs is 7. The first kappa shape index (κ1) is 21.1. The quantitative estimate of drug-likeness (QED) is 0.200. The molecule has 0 aliphatic carbocycles. The molecule has 43 heavy (non-hydrogen) atoms. The van der Waals surface area contributed by atoms with Crippen molar-refractivity contribution < 1.29 is 8.53 Å². The number of furan rings is 1. The van der Waals surface area contributed by atoms with Crippen LogP contribution in [0.3, 0.4) is 0 Å². The Morgan fingerprint density at radius 1 is 0.442 bits per heavy atom. The zero-order valence-corrected chi connectivity index (χ0v) is 23.2. The lowest BCUT2D eigenvalue weighted by Gasteiger charge is -2.18. The Morgan fingerprint density at radius 3 is 1.81 bits per heavy atom. The lowest BCUT2D eigenvalue weighted by atomic mass is 9.84. The van der Waals surface area contributed by atoms with Gasteiger partial charge >= 0.3 is 0 Å². The van der Waals surface area contributed by atoms with Gasteiger partial charge in [0.1, 0.15) is 11.2 Å². The Bertz CT molecular complexity index is 2600. The van der Waals surface area contributed by atoms with Crippen molar-refractivity contribution in [2.45, 2.75) is 0 Å². The number of hydrogen-bond donors (Lipinski definition) is 0. The summed E-state index contributed by atoms with van der Waals surface area (Å²) < 4.78 is 31.7. The maximum atomic E-state index is 8.56. The van der Waals surface area contributed by atoms with Crippen LogP contribution in [0.15, 0.2) is 162 Å². The SMILES string of the molecule is [2H]c1cc([2H])c(-c2cccc(-c3c4ccccc4c(-c4cccc5oc6c7ccccc7ccc6c45)c4ccccc34)c2)c([2H])c1. The van der Waals surface area contributed by atoms with Gasteiger partial charge in [-0.3, -0.25) is 0 Å². The van der Waals surface area contributed by atoms with Crippen molar-refractivity contribution >= 4 is 54.3 Å². The highest BCUT2D eigenvalue weighted by atomic mass is 16.3. The monoisotopic (exact) mass is 549 g/mol. The molecule has 0 aliphatic rings. The standard InChI is InChI=1S/C42H26O/c1-2-12-27(13-3-1)29-15-10-16-30(26-29)39-32-18-6-8-20-34(32)40(35-21-9-7-19-33(35)39)36-22-11-23-38-41(36)37-25-24-28-14-4-5-17-31(28)42(37)43-38/h1-26H/i1D,12D,13D. The van der Waals surface area contributed by atoms with Gasteiger partial charge in [0.15, 0.2) is 0 Å². The van der Waals surface area contributed by atoms with Crippen LogP contribution < -0.4 is 0 Å². The fraction of sp³-hybridized carbons (Fsp3) is 0. The predicted octanol–water partition coefficient (Wildman–Crippen LogP) is 12.0. The van der Waals surface area contributed by atoms with Crippen molar-refractivity contribution in [3.05, 3.63) is 158 Å². The molecule has 0 unspecified atom stereocenters. The predicted molar refractivity (Wildman–Crippen MR) is 183 cm³/mol. The third-order valence-corrected chi connectivity index (χ3v) is 8.63. The smallest absolute Gasteiger partial charge is 0.143 e. The van der Waals surface area contributed by atoms with Gasteiger partial charge in [-0.2, -0.15) is 0 Å². The molecular formula is C42H26O. The average molecular weight is 550 g/mol. The Kier molecular flexibility index (Phi) is 4.63. The van der Waals surface area contributed by atoms with Gasteiger partial charge < -0.3 is 4.42 Å². The van der Waals surface area contributed by atoms with Crippen LogP contribution in [-0.2, 0) is 0 Å². The number of rotatable bonds is 3. The zero-order valence-electron chi connectivity index (χ0n) is 26.2. The van der Waals surface area contributed by atoms with E-state index in [0.717, 1.165) is 76.5 Å². The Labute approximate surface area is 253 Å². The molecule has 0 aliphatic heterocycles. The van der Waals surface area contributed by atoms with Gasteiger partial charge in [-0.05, 0) is 78.5 Å². The summed E-state index contributed by atoms with van der Waals surface area (Å²) in [6.45, 7) is 0. The molecule has 0 bridgehead atoms. The maximum absolute atomic E-state index is 8.56. The Hall–Kier alpha value is -5.66. The van der Waals surface area contributed by atoms with Gasteiger partial charge in [0.25, 0.3) is 0 Å². The van der Waals surface area contributed by atoms with Crippen molar-refractivity contribution in [1.82, 2.24) is 0 Å². The molecule has 0 fully saturated rings. The third kappa shape index (κ3) is 3.65. The summed E-state index contributed by atoms with van der Waals surface area (Å²) in [7, 11) is 0. The molecule has 0 amide bonds. The van der Waals surface area contributed by atoms with E-state index in [-0.39, 0.29) is 18.1 Å². The summed E-state index contributed by atoms with van der Waals surface area (Å²) in [5, 5.41) is 9.02. The molecular weight excluding hydrogens is 520 g/mol. The molecule has 200 valence electrons. The second-order valence-corrected chi connectivity index (χ2v) is 11.0. The van der Waals surface area contributed by atoms with Crippen LogP contribution in [0.4, 0.5) is 0 Å². The molecule has 0 atom stereocenters. The minimum atomic E-state index is 0.177. The van der Waals surface area contributed by atoms with Gasteiger partial charge in [-0.15, -0.1) is 0 Å². The normalized spacial score (nSPS) is 12.7. The topological polar surface area (TPSA) is 13.1 Å². The molecule has 9 aromatic rings. The molecule has 1 heteroatoms. The lowest BCUT2D eigenvalue weighted by molar-refractivity contribution is 0.673. The minimum absolute atomic E-state index is 0.177. The van der Waals surface area contributed by atoms with Crippen molar-refractivity contribution in [2.24, 2.45) is 0 Å².